The number of nitrogens with zero attached hydrogens (tertiary/aromatic N) is 2. The van der Waals surface area contributed by atoms with Crippen LogP contribution in [-0.4, -0.2) is 16.1 Å². The lowest BCUT2D eigenvalue weighted by molar-refractivity contribution is -0.384. The van der Waals surface area contributed by atoms with Crippen molar-refractivity contribution < 1.29 is 9.72 Å². The molecule has 24 heavy (non-hydrogen) atoms. The van der Waals surface area contributed by atoms with Gasteiger partial charge in [0.15, 0.2) is 0 Å². The van der Waals surface area contributed by atoms with E-state index in [1.54, 1.807) is 43.3 Å². The number of nitrogens with one attached hydrogen (secondary N) is 1. The zero-order chi connectivity index (χ0) is 17.5. The minimum absolute atomic E-state index is 0.0221. The summed E-state index contributed by atoms with van der Waals surface area (Å²) in [4.78, 5) is 23.2. The van der Waals surface area contributed by atoms with Gasteiger partial charge in [0.05, 0.1) is 22.7 Å². The molecule has 0 spiro atoms. The van der Waals surface area contributed by atoms with Crippen LogP contribution in [0.3, 0.4) is 0 Å². The van der Waals surface area contributed by atoms with Crippen LogP contribution in [-0.2, 0) is 11.2 Å². The standard InChI is InChI=1S/C17H15N3O3S/c1-12(24-16-8-6-15(7-9-16)20(22)23)17(21)19-14-4-2-13(3-5-14)10-11-18/h2-9,12H,10H2,1H3,(H,19,21). The summed E-state index contributed by atoms with van der Waals surface area (Å²) in [6.45, 7) is 1.77. The van der Waals surface area contributed by atoms with E-state index < -0.39 is 4.92 Å². The number of rotatable bonds is 6. The molecule has 0 saturated carbocycles. The Hall–Kier alpha value is -2.85. The Morgan fingerprint density at radius 3 is 2.42 bits per heavy atom. The van der Waals surface area contributed by atoms with Crippen LogP contribution in [0.4, 0.5) is 11.4 Å². The lowest BCUT2D eigenvalue weighted by Crippen LogP contribution is -2.22. The normalized spacial score (nSPS) is 11.3. The molecule has 7 heteroatoms. The molecule has 122 valence electrons. The summed E-state index contributed by atoms with van der Waals surface area (Å²) in [6, 6.07) is 15.3. The van der Waals surface area contributed by atoms with Gasteiger partial charge in [-0.15, -0.1) is 11.8 Å². The van der Waals surface area contributed by atoms with Crippen molar-refractivity contribution in [2.24, 2.45) is 0 Å². The second-order valence-electron chi connectivity index (χ2n) is 5.03. The predicted octanol–water partition coefficient (Wildman–Crippen LogP) is 3.78. The van der Waals surface area contributed by atoms with Crippen LogP contribution in [0.25, 0.3) is 0 Å². The topological polar surface area (TPSA) is 96.0 Å². The van der Waals surface area contributed by atoms with E-state index in [-0.39, 0.29) is 16.8 Å². The molecule has 0 aliphatic carbocycles. The molecule has 1 atom stereocenters. The molecule has 2 aromatic rings. The molecule has 0 aliphatic heterocycles. The summed E-state index contributed by atoms with van der Waals surface area (Å²) in [5, 5.41) is 21.7. The highest BCUT2D eigenvalue weighted by molar-refractivity contribution is 8.00. The van der Waals surface area contributed by atoms with Gasteiger partial charge in [0, 0.05) is 22.7 Å². The molecule has 0 fully saturated rings. The van der Waals surface area contributed by atoms with Crippen molar-refractivity contribution in [3.8, 4) is 6.07 Å². The summed E-state index contributed by atoms with van der Waals surface area (Å²) >= 11 is 1.32. The number of amides is 1. The van der Waals surface area contributed by atoms with Crippen LogP contribution in [0.1, 0.15) is 12.5 Å². The third kappa shape index (κ3) is 4.83. The number of thioether (sulfide) groups is 1. The Bertz CT molecular complexity index is 767. The van der Waals surface area contributed by atoms with Crippen LogP contribution in [0.15, 0.2) is 53.4 Å². The zero-order valence-corrected chi connectivity index (χ0v) is 13.7. The van der Waals surface area contributed by atoms with E-state index in [1.165, 1.54) is 23.9 Å². The van der Waals surface area contributed by atoms with Crippen molar-refractivity contribution in [1.82, 2.24) is 0 Å². The Morgan fingerprint density at radius 2 is 1.88 bits per heavy atom. The Labute approximate surface area is 143 Å². The van der Waals surface area contributed by atoms with Crippen LogP contribution in [0.5, 0.6) is 0 Å². The average Bonchev–Trinajstić information content (AvgIpc) is 2.57. The summed E-state index contributed by atoms with van der Waals surface area (Å²) in [7, 11) is 0. The van der Waals surface area contributed by atoms with Crippen LogP contribution in [0, 0.1) is 21.4 Å². The molecular weight excluding hydrogens is 326 g/mol. The van der Waals surface area contributed by atoms with Crippen molar-refractivity contribution in [2.45, 2.75) is 23.5 Å². The molecule has 6 nitrogen and oxygen atoms in total. The second kappa shape index (κ2) is 8.13. The molecule has 0 saturated heterocycles. The fourth-order valence-electron chi connectivity index (χ4n) is 1.95. The molecule has 0 heterocycles. The summed E-state index contributed by atoms with van der Waals surface area (Å²) < 4.78 is 0. The van der Waals surface area contributed by atoms with Crippen molar-refractivity contribution in [3.05, 3.63) is 64.2 Å². The number of hydrogen-bond acceptors (Lipinski definition) is 5. The Kier molecular flexibility index (Phi) is 5.93. The minimum Gasteiger partial charge on any atom is -0.325 e. The fraction of sp³-hybridized carbons (Fsp3) is 0.176. The quantitative estimate of drug-likeness (QED) is 0.490. The maximum Gasteiger partial charge on any atom is 0.269 e. The highest BCUT2D eigenvalue weighted by atomic mass is 32.2. The molecule has 1 unspecified atom stereocenters. The van der Waals surface area contributed by atoms with Gasteiger partial charge in [-0.3, -0.25) is 14.9 Å². The number of hydrogen-bond donors (Lipinski definition) is 1. The van der Waals surface area contributed by atoms with Crippen molar-refractivity contribution in [1.29, 1.82) is 5.26 Å². The molecule has 0 radical (unpaired) electrons. The van der Waals surface area contributed by atoms with E-state index in [1.807, 2.05) is 0 Å². The number of carbonyl (C=O) groups is 1. The lowest BCUT2D eigenvalue weighted by Gasteiger charge is -2.12. The average molecular weight is 341 g/mol. The fourth-order valence-corrected chi connectivity index (χ4v) is 2.81. The molecule has 1 amide bonds. The summed E-state index contributed by atoms with van der Waals surface area (Å²) in [5.41, 5.74) is 1.58. The van der Waals surface area contributed by atoms with Gasteiger partial charge in [-0.05, 0) is 36.8 Å². The molecule has 0 bridgehead atoms. The van der Waals surface area contributed by atoms with Crippen LogP contribution in [0.2, 0.25) is 0 Å². The van der Waals surface area contributed by atoms with Gasteiger partial charge in [0.2, 0.25) is 5.91 Å². The number of nitro groups is 1. The molecule has 0 aromatic heterocycles. The van der Waals surface area contributed by atoms with Crippen molar-refractivity contribution in [2.75, 3.05) is 5.32 Å². The van der Waals surface area contributed by atoms with Gasteiger partial charge in [-0.25, -0.2) is 0 Å². The van der Waals surface area contributed by atoms with Crippen LogP contribution >= 0.6 is 11.8 Å². The third-order valence-electron chi connectivity index (χ3n) is 3.23. The Morgan fingerprint density at radius 1 is 1.25 bits per heavy atom. The highest BCUT2D eigenvalue weighted by Gasteiger charge is 2.15. The molecule has 0 aliphatic rings. The number of nitro benzene ring substituents is 1. The third-order valence-corrected chi connectivity index (χ3v) is 4.35. The number of nitriles is 1. The van der Waals surface area contributed by atoms with E-state index in [0.717, 1.165) is 10.5 Å². The Balaban J connectivity index is 1.94. The smallest absolute Gasteiger partial charge is 0.269 e. The van der Waals surface area contributed by atoms with Crippen molar-refractivity contribution in [3.63, 3.8) is 0 Å². The maximum atomic E-state index is 12.2. The van der Waals surface area contributed by atoms with Gasteiger partial charge < -0.3 is 5.32 Å². The predicted molar refractivity (Wildman–Crippen MR) is 92.8 cm³/mol. The molecule has 2 aromatic carbocycles. The maximum absolute atomic E-state index is 12.2. The van der Waals surface area contributed by atoms with E-state index >= 15 is 0 Å². The number of benzene rings is 2. The number of non-ortho nitro benzene ring substituents is 1. The summed E-state index contributed by atoms with van der Waals surface area (Å²) in [5.74, 6) is -0.161. The SMILES string of the molecule is CC(Sc1ccc([N+](=O)[O-])cc1)C(=O)Nc1ccc(CC#N)cc1. The number of anilines is 1. The van der Waals surface area contributed by atoms with Gasteiger partial charge in [0.1, 0.15) is 0 Å². The number of carbonyl (C=O) groups excluding carboxylic acids is 1. The van der Waals surface area contributed by atoms with E-state index in [2.05, 4.69) is 11.4 Å². The monoisotopic (exact) mass is 341 g/mol. The van der Waals surface area contributed by atoms with Gasteiger partial charge >= 0.3 is 0 Å². The van der Waals surface area contributed by atoms with Gasteiger partial charge in [-0.2, -0.15) is 5.26 Å². The zero-order valence-electron chi connectivity index (χ0n) is 12.9. The van der Waals surface area contributed by atoms with Crippen molar-refractivity contribution >= 4 is 29.0 Å². The molecular formula is C17H15N3O3S. The van der Waals surface area contributed by atoms with E-state index in [4.69, 9.17) is 5.26 Å². The van der Waals surface area contributed by atoms with E-state index in [0.29, 0.717) is 12.1 Å². The van der Waals surface area contributed by atoms with E-state index in [9.17, 15) is 14.9 Å². The van der Waals surface area contributed by atoms with Gasteiger partial charge in [-0.1, -0.05) is 12.1 Å². The second-order valence-corrected chi connectivity index (χ2v) is 6.45. The first-order valence-electron chi connectivity index (χ1n) is 7.17. The van der Waals surface area contributed by atoms with Gasteiger partial charge in [0.25, 0.3) is 5.69 Å². The molecule has 2 rings (SSSR count). The largest absolute Gasteiger partial charge is 0.325 e. The first-order chi connectivity index (χ1) is 11.5. The lowest BCUT2D eigenvalue weighted by atomic mass is 10.1. The first-order valence-corrected chi connectivity index (χ1v) is 8.05. The highest BCUT2D eigenvalue weighted by Crippen LogP contribution is 2.26. The summed E-state index contributed by atoms with van der Waals surface area (Å²) in [6.07, 6.45) is 0.334. The first kappa shape index (κ1) is 17.5. The van der Waals surface area contributed by atoms with Crippen LogP contribution < -0.4 is 5.32 Å². The molecule has 1 N–H and O–H groups in total. The minimum atomic E-state index is -0.458.